The Morgan fingerprint density at radius 2 is 0.975 bits per heavy atom. The summed E-state index contributed by atoms with van der Waals surface area (Å²) < 4.78 is 47.4. The fourth-order valence-corrected chi connectivity index (χ4v) is 5.23. The summed E-state index contributed by atoms with van der Waals surface area (Å²) in [6, 6.07) is 3.80. The van der Waals surface area contributed by atoms with Gasteiger partial charge in [0.1, 0.15) is 13.2 Å². The van der Waals surface area contributed by atoms with Crippen LogP contribution < -0.4 is 28.4 Å². The lowest BCUT2D eigenvalue weighted by atomic mass is 9.91. The summed E-state index contributed by atoms with van der Waals surface area (Å²) in [7, 11) is 9.45. The minimum absolute atomic E-state index is 0.0519. The monoisotopic (exact) mass is 556 g/mol. The Balaban J connectivity index is 2.13. The third-order valence-corrected chi connectivity index (χ3v) is 7.04. The van der Waals surface area contributed by atoms with Gasteiger partial charge in [0.25, 0.3) is 0 Å². The van der Waals surface area contributed by atoms with Crippen molar-refractivity contribution in [2.45, 2.75) is 51.6 Å². The van der Waals surface area contributed by atoms with E-state index in [1.165, 1.54) is 0 Å². The van der Waals surface area contributed by atoms with Crippen LogP contribution >= 0.6 is 0 Å². The highest BCUT2D eigenvalue weighted by molar-refractivity contribution is 6.11. The van der Waals surface area contributed by atoms with Gasteiger partial charge in [0.15, 0.2) is 23.0 Å². The molecule has 2 aromatic rings. The standard InChI is InChI=1S/C30H40N2O8/c1-9-11-17-15-39-29(31-17)19-13-21(33-3)25(35-5)27(37-7)23(19)24-20(30-32-18(12-10-2)16-40-30)14-22(34-4)26(36-6)28(24)38-8/h13-14,17-18H,9-12,15-16H2,1-8H3/t17-,18-/m0/s1. The molecule has 0 aromatic heterocycles. The predicted molar refractivity (Wildman–Crippen MR) is 154 cm³/mol. The average Bonchev–Trinajstić information content (AvgIpc) is 3.65. The zero-order valence-electron chi connectivity index (χ0n) is 24.7. The molecule has 40 heavy (non-hydrogen) atoms. The highest BCUT2D eigenvalue weighted by Crippen LogP contribution is 2.54. The molecule has 0 spiro atoms. The number of rotatable bonds is 13. The van der Waals surface area contributed by atoms with E-state index < -0.39 is 0 Å². The van der Waals surface area contributed by atoms with Crippen molar-refractivity contribution in [2.24, 2.45) is 9.98 Å². The molecule has 0 radical (unpaired) electrons. The molecule has 10 nitrogen and oxygen atoms in total. The molecule has 0 fully saturated rings. The van der Waals surface area contributed by atoms with Crippen molar-refractivity contribution < 1.29 is 37.9 Å². The first-order valence-corrected chi connectivity index (χ1v) is 13.6. The summed E-state index contributed by atoms with van der Waals surface area (Å²) in [4.78, 5) is 9.84. The van der Waals surface area contributed by atoms with Crippen LogP contribution in [-0.4, -0.2) is 79.8 Å². The molecule has 2 atom stereocenters. The summed E-state index contributed by atoms with van der Waals surface area (Å²) in [5.41, 5.74) is 2.55. The number of hydrogen-bond donors (Lipinski definition) is 0. The van der Waals surface area contributed by atoms with Gasteiger partial charge in [-0.05, 0) is 25.0 Å². The van der Waals surface area contributed by atoms with Gasteiger partial charge in [0, 0.05) is 11.1 Å². The maximum absolute atomic E-state index is 6.17. The Bertz CT molecular complexity index is 1180. The highest BCUT2D eigenvalue weighted by atomic mass is 16.5. The maximum atomic E-state index is 6.17. The van der Waals surface area contributed by atoms with Gasteiger partial charge in [0.05, 0.1) is 65.9 Å². The number of ether oxygens (including phenoxy) is 8. The van der Waals surface area contributed by atoms with Gasteiger partial charge in [-0.1, -0.05) is 26.7 Å². The zero-order valence-corrected chi connectivity index (χ0v) is 24.7. The van der Waals surface area contributed by atoms with E-state index in [0.29, 0.717) is 81.8 Å². The normalized spacial score (nSPS) is 17.9. The van der Waals surface area contributed by atoms with Gasteiger partial charge >= 0.3 is 0 Å². The summed E-state index contributed by atoms with van der Waals surface area (Å²) in [5, 5.41) is 0. The molecule has 0 amide bonds. The molecule has 0 saturated heterocycles. The lowest BCUT2D eigenvalue weighted by Crippen LogP contribution is -2.12. The molecule has 218 valence electrons. The van der Waals surface area contributed by atoms with Crippen LogP contribution in [0.15, 0.2) is 22.1 Å². The molecule has 2 aromatic carbocycles. The van der Waals surface area contributed by atoms with E-state index in [4.69, 9.17) is 47.9 Å². The molecule has 0 unspecified atom stereocenters. The Morgan fingerprint density at radius 3 is 1.27 bits per heavy atom. The second-order valence-corrected chi connectivity index (χ2v) is 9.51. The van der Waals surface area contributed by atoms with Gasteiger partial charge < -0.3 is 37.9 Å². The SMILES string of the molecule is CCC[C@H]1COC(c2cc(OC)c(OC)c(OC)c2-c2c(C3=N[C@@H](CCC)CO3)cc(OC)c(OC)c2OC)=N1. The predicted octanol–water partition coefficient (Wildman–Crippen LogP) is 5.30. The van der Waals surface area contributed by atoms with Gasteiger partial charge in [-0.15, -0.1) is 0 Å². The second kappa shape index (κ2) is 13.0. The van der Waals surface area contributed by atoms with Crippen LogP contribution in [-0.2, 0) is 9.47 Å². The van der Waals surface area contributed by atoms with Crippen LogP contribution in [0.5, 0.6) is 34.5 Å². The van der Waals surface area contributed by atoms with Gasteiger partial charge in [0.2, 0.25) is 23.3 Å². The molecule has 2 aliphatic heterocycles. The van der Waals surface area contributed by atoms with Crippen LogP contribution in [0.1, 0.15) is 50.7 Å². The van der Waals surface area contributed by atoms with Crippen molar-refractivity contribution in [1.29, 1.82) is 0 Å². The van der Waals surface area contributed by atoms with Gasteiger partial charge in [-0.3, -0.25) is 0 Å². The number of nitrogens with zero attached hydrogens (tertiary/aromatic N) is 2. The molecule has 10 heteroatoms. The molecule has 2 aliphatic rings. The Kier molecular flexibility index (Phi) is 9.50. The lowest BCUT2D eigenvalue weighted by molar-refractivity contribution is 0.308. The summed E-state index contributed by atoms with van der Waals surface area (Å²) in [6.07, 6.45) is 3.82. The van der Waals surface area contributed by atoms with E-state index in [1.807, 2.05) is 12.1 Å². The molecular formula is C30H40N2O8. The fraction of sp³-hybridized carbons (Fsp3) is 0.533. The van der Waals surface area contributed by atoms with Crippen LogP contribution in [0, 0.1) is 0 Å². The molecule has 0 bridgehead atoms. The average molecular weight is 557 g/mol. The smallest absolute Gasteiger partial charge is 0.217 e. The fourth-order valence-electron chi connectivity index (χ4n) is 5.23. The van der Waals surface area contributed by atoms with E-state index in [1.54, 1.807) is 42.7 Å². The van der Waals surface area contributed by atoms with Gasteiger partial charge in [-0.25, -0.2) is 9.98 Å². The first kappa shape index (κ1) is 29.2. The van der Waals surface area contributed by atoms with E-state index in [9.17, 15) is 0 Å². The highest BCUT2D eigenvalue weighted by Gasteiger charge is 2.35. The second-order valence-electron chi connectivity index (χ2n) is 9.51. The Morgan fingerprint density at radius 1 is 0.600 bits per heavy atom. The van der Waals surface area contributed by atoms with Crippen LogP contribution in [0.4, 0.5) is 0 Å². The number of aliphatic imine (C=N–C) groups is 2. The number of hydrogen-bond acceptors (Lipinski definition) is 10. The van der Waals surface area contributed by atoms with E-state index >= 15 is 0 Å². The zero-order chi connectivity index (χ0) is 28.8. The summed E-state index contributed by atoms with van der Waals surface area (Å²) in [5.74, 6) is 3.56. The summed E-state index contributed by atoms with van der Waals surface area (Å²) >= 11 is 0. The molecular weight excluding hydrogens is 516 g/mol. The van der Waals surface area contributed by atoms with Crippen LogP contribution in [0.25, 0.3) is 11.1 Å². The molecule has 0 aliphatic carbocycles. The van der Waals surface area contributed by atoms with Crippen LogP contribution in [0.3, 0.4) is 0 Å². The summed E-state index contributed by atoms with van der Waals surface area (Å²) in [6.45, 7) is 5.24. The third-order valence-electron chi connectivity index (χ3n) is 7.04. The molecule has 4 rings (SSSR count). The lowest BCUT2D eigenvalue weighted by Gasteiger charge is -2.24. The van der Waals surface area contributed by atoms with Gasteiger partial charge in [-0.2, -0.15) is 0 Å². The topological polar surface area (TPSA) is 98.6 Å². The van der Waals surface area contributed by atoms with Crippen LogP contribution in [0.2, 0.25) is 0 Å². The third kappa shape index (κ3) is 5.31. The number of benzene rings is 2. The first-order valence-electron chi connectivity index (χ1n) is 13.6. The largest absolute Gasteiger partial charge is 0.493 e. The van der Waals surface area contributed by atoms with Crippen molar-refractivity contribution in [3.05, 3.63) is 23.3 Å². The Hall–Kier alpha value is -3.82. The van der Waals surface area contributed by atoms with Crippen molar-refractivity contribution in [3.8, 4) is 45.6 Å². The minimum atomic E-state index is 0.0519. The van der Waals surface area contributed by atoms with Crippen molar-refractivity contribution in [3.63, 3.8) is 0 Å². The van der Waals surface area contributed by atoms with Crippen molar-refractivity contribution >= 4 is 11.8 Å². The quantitative estimate of drug-likeness (QED) is 0.328. The minimum Gasteiger partial charge on any atom is -0.493 e. The van der Waals surface area contributed by atoms with E-state index in [2.05, 4.69) is 13.8 Å². The number of methoxy groups -OCH3 is 6. The maximum Gasteiger partial charge on any atom is 0.217 e. The van der Waals surface area contributed by atoms with Crippen molar-refractivity contribution in [1.82, 2.24) is 0 Å². The van der Waals surface area contributed by atoms with Crippen molar-refractivity contribution in [2.75, 3.05) is 55.9 Å². The first-order chi connectivity index (χ1) is 19.5. The van der Waals surface area contributed by atoms with E-state index in [0.717, 1.165) is 25.7 Å². The molecule has 2 heterocycles. The molecule has 0 saturated carbocycles. The Labute approximate surface area is 236 Å². The molecule has 0 N–H and O–H groups in total. The van der Waals surface area contributed by atoms with E-state index in [-0.39, 0.29) is 12.1 Å².